The second-order valence-electron chi connectivity index (χ2n) is 3.79. The Bertz CT molecular complexity index is 528. The zero-order valence-electron chi connectivity index (χ0n) is 9.91. The molecular formula is C13H13N3OS. The maximum absolute atomic E-state index is 10.9. The molecule has 0 unspecified atom stereocenters. The molecule has 2 rings (SSSR count). The van der Waals surface area contributed by atoms with Gasteiger partial charge in [-0.1, -0.05) is 42.1 Å². The lowest BCUT2D eigenvalue weighted by Gasteiger charge is -2.05. The van der Waals surface area contributed by atoms with E-state index in [2.05, 4.69) is 10.2 Å². The number of thioether (sulfide) groups is 1. The zero-order valence-corrected chi connectivity index (χ0v) is 10.7. The van der Waals surface area contributed by atoms with E-state index >= 15 is 0 Å². The van der Waals surface area contributed by atoms with Gasteiger partial charge in [0.05, 0.1) is 10.9 Å². The standard InChI is InChI=1S/C13H13N3OS/c1-9(13(14)17)18-12-8-7-11(15-16-12)10-5-3-2-4-6-10/h2-9H,1H3,(H2,14,17)/t9-/m1/s1. The summed E-state index contributed by atoms with van der Waals surface area (Å²) in [6.45, 7) is 1.75. The molecule has 0 radical (unpaired) electrons. The number of carbonyl (C=O) groups excluding carboxylic acids is 1. The van der Waals surface area contributed by atoms with Gasteiger partial charge in [0, 0.05) is 5.56 Å². The van der Waals surface area contributed by atoms with Crippen LogP contribution in [-0.2, 0) is 4.79 Å². The van der Waals surface area contributed by atoms with Crippen molar-refractivity contribution < 1.29 is 4.79 Å². The summed E-state index contributed by atoms with van der Waals surface area (Å²) < 4.78 is 0. The Balaban J connectivity index is 2.13. The summed E-state index contributed by atoms with van der Waals surface area (Å²) in [5.41, 5.74) is 7.03. The van der Waals surface area contributed by atoms with E-state index in [0.717, 1.165) is 11.3 Å². The molecule has 0 aliphatic rings. The number of primary amides is 1. The first-order valence-electron chi connectivity index (χ1n) is 5.52. The highest BCUT2D eigenvalue weighted by atomic mass is 32.2. The molecule has 92 valence electrons. The SMILES string of the molecule is C[C@@H](Sc1ccc(-c2ccccc2)nn1)C(N)=O. The van der Waals surface area contributed by atoms with Crippen molar-refractivity contribution in [3.8, 4) is 11.3 Å². The van der Waals surface area contributed by atoms with Crippen LogP contribution in [0.5, 0.6) is 0 Å². The van der Waals surface area contributed by atoms with E-state index < -0.39 is 0 Å². The van der Waals surface area contributed by atoms with Gasteiger partial charge in [-0.05, 0) is 19.1 Å². The van der Waals surface area contributed by atoms with Gasteiger partial charge in [0.25, 0.3) is 0 Å². The number of carbonyl (C=O) groups is 1. The number of benzene rings is 1. The summed E-state index contributed by atoms with van der Waals surface area (Å²) in [7, 11) is 0. The topological polar surface area (TPSA) is 68.9 Å². The quantitative estimate of drug-likeness (QED) is 0.854. The highest BCUT2D eigenvalue weighted by Crippen LogP contribution is 2.22. The van der Waals surface area contributed by atoms with Crippen LogP contribution >= 0.6 is 11.8 Å². The molecule has 0 aliphatic carbocycles. The first-order valence-corrected chi connectivity index (χ1v) is 6.40. The molecule has 0 spiro atoms. The number of rotatable bonds is 4. The molecule has 4 nitrogen and oxygen atoms in total. The molecule has 2 aromatic rings. The summed E-state index contributed by atoms with van der Waals surface area (Å²) in [6, 6.07) is 13.5. The normalized spacial score (nSPS) is 12.1. The lowest BCUT2D eigenvalue weighted by atomic mass is 10.1. The fourth-order valence-electron chi connectivity index (χ4n) is 1.38. The van der Waals surface area contributed by atoms with E-state index in [0.29, 0.717) is 5.03 Å². The summed E-state index contributed by atoms with van der Waals surface area (Å²) >= 11 is 1.31. The first kappa shape index (κ1) is 12.6. The van der Waals surface area contributed by atoms with Crippen molar-refractivity contribution in [1.82, 2.24) is 10.2 Å². The number of hydrogen-bond donors (Lipinski definition) is 1. The second-order valence-corrected chi connectivity index (χ2v) is 5.15. The molecule has 1 aromatic heterocycles. The number of nitrogens with zero attached hydrogens (tertiary/aromatic N) is 2. The monoisotopic (exact) mass is 259 g/mol. The zero-order chi connectivity index (χ0) is 13.0. The second kappa shape index (κ2) is 5.64. The Hall–Kier alpha value is -1.88. The van der Waals surface area contributed by atoms with Gasteiger partial charge in [-0.3, -0.25) is 4.79 Å². The highest BCUT2D eigenvalue weighted by Gasteiger charge is 2.11. The van der Waals surface area contributed by atoms with Crippen molar-refractivity contribution in [2.45, 2.75) is 17.2 Å². The molecule has 0 bridgehead atoms. The molecular weight excluding hydrogens is 246 g/mol. The maximum atomic E-state index is 10.9. The largest absolute Gasteiger partial charge is 0.369 e. The van der Waals surface area contributed by atoms with E-state index in [-0.39, 0.29) is 11.2 Å². The lowest BCUT2D eigenvalue weighted by Crippen LogP contribution is -2.22. The highest BCUT2D eigenvalue weighted by molar-refractivity contribution is 8.00. The number of amides is 1. The van der Waals surface area contributed by atoms with Crippen molar-refractivity contribution in [2.75, 3.05) is 0 Å². The summed E-state index contributed by atoms with van der Waals surface area (Å²) in [4.78, 5) is 10.9. The Kier molecular flexibility index (Phi) is 3.94. The third-order valence-electron chi connectivity index (χ3n) is 2.41. The van der Waals surface area contributed by atoms with Gasteiger partial charge in [0.2, 0.25) is 5.91 Å². The molecule has 18 heavy (non-hydrogen) atoms. The summed E-state index contributed by atoms with van der Waals surface area (Å²) in [5.74, 6) is -0.353. The first-order chi connectivity index (χ1) is 8.66. The van der Waals surface area contributed by atoms with E-state index in [4.69, 9.17) is 5.73 Å². The average molecular weight is 259 g/mol. The fraction of sp³-hybridized carbons (Fsp3) is 0.154. The molecule has 5 heteroatoms. The third-order valence-corrected chi connectivity index (χ3v) is 3.45. The van der Waals surface area contributed by atoms with Gasteiger partial charge >= 0.3 is 0 Å². The summed E-state index contributed by atoms with van der Waals surface area (Å²) in [5, 5.41) is 8.61. The maximum Gasteiger partial charge on any atom is 0.230 e. The molecule has 1 aromatic carbocycles. The van der Waals surface area contributed by atoms with Crippen LogP contribution < -0.4 is 5.73 Å². The lowest BCUT2D eigenvalue weighted by molar-refractivity contribution is -0.117. The van der Waals surface area contributed by atoms with Gasteiger partial charge in [0.1, 0.15) is 5.03 Å². The van der Waals surface area contributed by atoms with Crippen LogP contribution in [0.25, 0.3) is 11.3 Å². The number of nitrogens with two attached hydrogens (primary N) is 1. The third kappa shape index (κ3) is 3.07. The van der Waals surface area contributed by atoms with Gasteiger partial charge < -0.3 is 5.73 Å². The van der Waals surface area contributed by atoms with Crippen LogP contribution in [0, 0.1) is 0 Å². The van der Waals surface area contributed by atoms with E-state index in [1.165, 1.54) is 11.8 Å². The van der Waals surface area contributed by atoms with Crippen LogP contribution in [0.15, 0.2) is 47.5 Å². The van der Waals surface area contributed by atoms with E-state index in [9.17, 15) is 4.79 Å². The molecule has 1 amide bonds. The smallest absolute Gasteiger partial charge is 0.230 e. The predicted octanol–water partition coefficient (Wildman–Crippen LogP) is 2.11. The van der Waals surface area contributed by atoms with Gasteiger partial charge in [-0.25, -0.2) is 0 Å². The van der Waals surface area contributed by atoms with Crippen LogP contribution in [0.3, 0.4) is 0 Å². The van der Waals surface area contributed by atoms with Crippen LogP contribution in [0.1, 0.15) is 6.92 Å². The molecule has 0 aliphatic heterocycles. The van der Waals surface area contributed by atoms with Crippen molar-refractivity contribution in [1.29, 1.82) is 0 Å². The van der Waals surface area contributed by atoms with Gasteiger partial charge in [-0.15, -0.1) is 10.2 Å². The van der Waals surface area contributed by atoms with Crippen molar-refractivity contribution in [3.05, 3.63) is 42.5 Å². The Morgan fingerprint density at radius 3 is 2.44 bits per heavy atom. The van der Waals surface area contributed by atoms with Crippen LogP contribution in [0.4, 0.5) is 0 Å². The van der Waals surface area contributed by atoms with E-state index in [1.54, 1.807) is 6.92 Å². The van der Waals surface area contributed by atoms with Gasteiger partial charge in [0.15, 0.2) is 0 Å². The van der Waals surface area contributed by atoms with E-state index in [1.807, 2.05) is 42.5 Å². The Morgan fingerprint density at radius 1 is 1.17 bits per heavy atom. The molecule has 0 saturated carbocycles. The minimum atomic E-state index is -0.353. The van der Waals surface area contributed by atoms with Crippen molar-refractivity contribution in [2.24, 2.45) is 5.73 Å². The van der Waals surface area contributed by atoms with Gasteiger partial charge in [-0.2, -0.15) is 0 Å². The molecule has 1 atom stereocenters. The average Bonchev–Trinajstić information content (AvgIpc) is 2.40. The van der Waals surface area contributed by atoms with Crippen LogP contribution in [-0.4, -0.2) is 21.4 Å². The predicted molar refractivity (Wildman–Crippen MR) is 72.0 cm³/mol. The molecule has 0 saturated heterocycles. The minimum absolute atomic E-state index is 0.304. The van der Waals surface area contributed by atoms with Crippen LogP contribution in [0.2, 0.25) is 0 Å². The number of aromatic nitrogens is 2. The molecule has 0 fully saturated rings. The molecule has 1 heterocycles. The fourth-order valence-corrected chi connectivity index (χ4v) is 2.10. The Labute approximate surface area is 110 Å². The summed E-state index contributed by atoms with van der Waals surface area (Å²) in [6.07, 6.45) is 0. The van der Waals surface area contributed by atoms with Crippen molar-refractivity contribution in [3.63, 3.8) is 0 Å². The number of hydrogen-bond acceptors (Lipinski definition) is 4. The Morgan fingerprint density at radius 2 is 1.89 bits per heavy atom. The molecule has 2 N–H and O–H groups in total. The van der Waals surface area contributed by atoms with Crippen molar-refractivity contribution >= 4 is 17.7 Å². The minimum Gasteiger partial charge on any atom is -0.369 e.